The number of aromatic nitrogens is 1. The molecule has 4 nitrogen and oxygen atoms in total. The van der Waals surface area contributed by atoms with Gasteiger partial charge in [-0.2, -0.15) is 0 Å². The van der Waals surface area contributed by atoms with E-state index in [1.807, 2.05) is 6.07 Å². The van der Waals surface area contributed by atoms with Crippen molar-refractivity contribution in [2.24, 2.45) is 5.41 Å². The lowest BCUT2D eigenvalue weighted by atomic mass is 10.1. The zero-order chi connectivity index (χ0) is 13.0. The van der Waals surface area contributed by atoms with Crippen molar-refractivity contribution in [1.82, 2.24) is 10.3 Å². The van der Waals surface area contributed by atoms with Crippen LogP contribution in [0, 0.1) is 5.41 Å². The summed E-state index contributed by atoms with van der Waals surface area (Å²) in [7, 11) is 0. The van der Waals surface area contributed by atoms with Gasteiger partial charge < -0.3 is 10.4 Å². The average molecular weight is 266 g/mol. The summed E-state index contributed by atoms with van der Waals surface area (Å²) in [6, 6.07) is 3.52. The Morgan fingerprint density at radius 3 is 3.00 bits per heavy atom. The van der Waals surface area contributed by atoms with Crippen LogP contribution in [0.5, 0.6) is 0 Å². The number of amides is 1. The molecule has 0 radical (unpaired) electrons. The first-order valence-corrected chi connectivity index (χ1v) is 7.15. The van der Waals surface area contributed by atoms with Crippen LogP contribution in [0.4, 0.5) is 0 Å². The highest BCUT2D eigenvalue weighted by Gasteiger charge is 2.42. The summed E-state index contributed by atoms with van der Waals surface area (Å²) < 4.78 is 0. The third-order valence-electron chi connectivity index (χ3n) is 3.21. The Hall–Kier alpha value is -1.07. The van der Waals surface area contributed by atoms with E-state index in [0.717, 1.165) is 23.6 Å². The van der Waals surface area contributed by atoms with Crippen LogP contribution < -0.4 is 5.32 Å². The maximum absolute atomic E-state index is 12.0. The van der Waals surface area contributed by atoms with E-state index >= 15 is 0 Å². The quantitative estimate of drug-likeness (QED) is 0.769. The van der Waals surface area contributed by atoms with Crippen molar-refractivity contribution < 1.29 is 9.90 Å². The van der Waals surface area contributed by atoms with E-state index in [9.17, 15) is 9.90 Å². The number of aliphatic hydroxyl groups is 1. The molecule has 2 N–H and O–H groups in total. The smallest absolute Gasteiger partial charge is 0.251 e. The second-order valence-electron chi connectivity index (χ2n) is 4.66. The molecule has 1 aliphatic rings. The molecule has 1 fully saturated rings. The number of carbonyl (C=O) groups excluding carboxylic acids is 1. The molecule has 0 bridgehead atoms. The number of nitrogens with one attached hydrogen (secondary N) is 1. The molecular formula is C13H18N2O2S. The number of carbonyl (C=O) groups is 1. The van der Waals surface area contributed by atoms with Crippen molar-refractivity contribution >= 4 is 17.7 Å². The minimum atomic E-state index is -0.0879. The first-order valence-electron chi connectivity index (χ1n) is 6.17. The van der Waals surface area contributed by atoms with Gasteiger partial charge in [0, 0.05) is 23.7 Å². The third kappa shape index (κ3) is 3.23. The molecule has 98 valence electrons. The molecule has 0 aromatic carbocycles. The van der Waals surface area contributed by atoms with Crippen molar-refractivity contribution in [2.75, 3.05) is 18.9 Å². The first kappa shape index (κ1) is 13.4. The molecule has 1 heterocycles. The zero-order valence-electron chi connectivity index (χ0n) is 10.5. The SMILES string of the molecule is CCSc1cc(C(=O)NCC2(CO)CC2)ccn1. The number of aliphatic hydroxyl groups excluding tert-OH is 1. The van der Waals surface area contributed by atoms with Gasteiger partial charge in [-0.05, 0) is 30.7 Å². The summed E-state index contributed by atoms with van der Waals surface area (Å²) in [5.41, 5.74) is 0.582. The van der Waals surface area contributed by atoms with Crippen LogP contribution in [0.3, 0.4) is 0 Å². The monoisotopic (exact) mass is 266 g/mol. The van der Waals surface area contributed by atoms with E-state index in [1.54, 1.807) is 24.0 Å². The molecule has 0 unspecified atom stereocenters. The van der Waals surface area contributed by atoms with Crippen LogP contribution in [0.1, 0.15) is 30.1 Å². The predicted octanol–water partition coefficient (Wildman–Crippen LogP) is 1.70. The maximum Gasteiger partial charge on any atom is 0.251 e. The van der Waals surface area contributed by atoms with E-state index in [2.05, 4.69) is 17.2 Å². The molecule has 0 aliphatic heterocycles. The van der Waals surface area contributed by atoms with E-state index in [-0.39, 0.29) is 17.9 Å². The molecule has 0 saturated heterocycles. The lowest BCUT2D eigenvalue weighted by Gasteiger charge is -2.12. The van der Waals surface area contributed by atoms with E-state index in [0.29, 0.717) is 12.1 Å². The number of hydrogen-bond acceptors (Lipinski definition) is 4. The second-order valence-corrected chi connectivity index (χ2v) is 5.94. The Bertz CT molecular complexity index is 433. The van der Waals surface area contributed by atoms with E-state index < -0.39 is 0 Å². The molecule has 5 heteroatoms. The predicted molar refractivity (Wildman–Crippen MR) is 71.7 cm³/mol. The van der Waals surface area contributed by atoms with Crippen LogP contribution in [-0.2, 0) is 0 Å². The highest BCUT2D eigenvalue weighted by molar-refractivity contribution is 7.99. The summed E-state index contributed by atoms with van der Waals surface area (Å²) in [5.74, 6) is 0.848. The van der Waals surface area contributed by atoms with Crippen molar-refractivity contribution in [2.45, 2.75) is 24.8 Å². The van der Waals surface area contributed by atoms with Gasteiger partial charge in [-0.3, -0.25) is 4.79 Å². The largest absolute Gasteiger partial charge is 0.396 e. The van der Waals surface area contributed by atoms with Gasteiger partial charge in [0.25, 0.3) is 5.91 Å². The van der Waals surface area contributed by atoms with Crippen LogP contribution in [0.2, 0.25) is 0 Å². The molecule has 1 amide bonds. The average Bonchev–Trinajstić information content (AvgIpc) is 3.17. The normalized spacial score (nSPS) is 16.3. The van der Waals surface area contributed by atoms with Crippen LogP contribution in [0.15, 0.2) is 23.4 Å². The minimum Gasteiger partial charge on any atom is -0.396 e. The van der Waals surface area contributed by atoms with Crippen molar-refractivity contribution in [3.8, 4) is 0 Å². The first-order chi connectivity index (χ1) is 8.69. The summed E-state index contributed by atoms with van der Waals surface area (Å²) in [5, 5.41) is 12.9. The number of pyridine rings is 1. The molecular weight excluding hydrogens is 248 g/mol. The molecule has 1 aromatic rings. The van der Waals surface area contributed by atoms with Gasteiger partial charge >= 0.3 is 0 Å². The second kappa shape index (κ2) is 5.71. The zero-order valence-corrected chi connectivity index (χ0v) is 11.3. The van der Waals surface area contributed by atoms with Gasteiger partial charge in [-0.1, -0.05) is 6.92 Å². The Labute approximate surface area is 111 Å². The highest BCUT2D eigenvalue weighted by Crippen LogP contribution is 2.44. The van der Waals surface area contributed by atoms with Gasteiger partial charge in [0.15, 0.2) is 0 Å². The standard InChI is InChI=1S/C13H18N2O2S/c1-2-18-11-7-10(3-6-14-11)12(17)15-8-13(9-16)4-5-13/h3,6-7,16H,2,4-5,8-9H2,1H3,(H,15,17). The molecule has 0 spiro atoms. The summed E-state index contributed by atoms with van der Waals surface area (Å²) in [6.07, 6.45) is 3.65. The molecule has 1 aliphatic carbocycles. The fourth-order valence-corrected chi connectivity index (χ4v) is 2.36. The molecule has 2 rings (SSSR count). The van der Waals surface area contributed by atoms with Crippen LogP contribution >= 0.6 is 11.8 Å². The lowest BCUT2D eigenvalue weighted by Crippen LogP contribution is -2.31. The maximum atomic E-state index is 12.0. The Balaban J connectivity index is 1.93. The number of rotatable bonds is 6. The third-order valence-corrected chi connectivity index (χ3v) is 4.01. The minimum absolute atomic E-state index is 0.0519. The van der Waals surface area contributed by atoms with Gasteiger partial charge in [-0.15, -0.1) is 11.8 Å². The summed E-state index contributed by atoms with van der Waals surface area (Å²) in [6.45, 7) is 2.76. The molecule has 18 heavy (non-hydrogen) atoms. The van der Waals surface area contributed by atoms with Gasteiger partial charge in [0.2, 0.25) is 0 Å². The fraction of sp³-hybridized carbons (Fsp3) is 0.538. The van der Waals surface area contributed by atoms with Crippen LogP contribution in [0.25, 0.3) is 0 Å². The Morgan fingerprint density at radius 2 is 2.39 bits per heavy atom. The topological polar surface area (TPSA) is 62.2 Å². The molecule has 1 saturated carbocycles. The fourth-order valence-electron chi connectivity index (χ4n) is 1.71. The Kier molecular flexibility index (Phi) is 4.24. The number of thioether (sulfide) groups is 1. The van der Waals surface area contributed by atoms with Crippen LogP contribution in [-0.4, -0.2) is 34.9 Å². The van der Waals surface area contributed by atoms with Gasteiger partial charge in [-0.25, -0.2) is 4.98 Å². The molecule has 1 aromatic heterocycles. The van der Waals surface area contributed by atoms with Crippen molar-refractivity contribution in [3.05, 3.63) is 23.9 Å². The van der Waals surface area contributed by atoms with Crippen molar-refractivity contribution in [3.63, 3.8) is 0 Å². The summed E-state index contributed by atoms with van der Waals surface area (Å²) >= 11 is 1.62. The Morgan fingerprint density at radius 1 is 1.61 bits per heavy atom. The lowest BCUT2D eigenvalue weighted by molar-refractivity contribution is 0.0935. The van der Waals surface area contributed by atoms with Gasteiger partial charge in [0.05, 0.1) is 11.6 Å². The van der Waals surface area contributed by atoms with E-state index in [4.69, 9.17) is 0 Å². The number of hydrogen-bond donors (Lipinski definition) is 2. The van der Waals surface area contributed by atoms with Crippen molar-refractivity contribution in [1.29, 1.82) is 0 Å². The van der Waals surface area contributed by atoms with Gasteiger partial charge in [0.1, 0.15) is 0 Å². The number of nitrogens with zero attached hydrogens (tertiary/aromatic N) is 1. The summed E-state index contributed by atoms with van der Waals surface area (Å²) in [4.78, 5) is 16.2. The van der Waals surface area contributed by atoms with E-state index in [1.165, 1.54) is 0 Å². The molecule has 0 atom stereocenters. The highest BCUT2D eigenvalue weighted by atomic mass is 32.2.